The summed E-state index contributed by atoms with van der Waals surface area (Å²) in [4.78, 5) is 12.0. The van der Waals surface area contributed by atoms with Crippen molar-refractivity contribution in [3.8, 4) is 0 Å². The van der Waals surface area contributed by atoms with Crippen LogP contribution in [0.2, 0.25) is 0 Å². The second kappa shape index (κ2) is 7.78. The van der Waals surface area contributed by atoms with Crippen LogP contribution in [0.25, 0.3) is 0 Å². The van der Waals surface area contributed by atoms with Gasteiger partial charge in [-0.3, -0.25) is 4.79 Å². The third-order valence-corrected chi connectivity index (χ3v) is 4.21. The Bertz CT molecular complexity index is 245. The summed E-state index contributed by atoms with van der Waals surface area (Å²) in [5.74, 6) is 0.576. The van der Waals surface area contributed by atoms with Gasteiger partial charge < -0.3 is 10.5 Å². The molecule has 18 heavy (non-hydrogen) atoms. The highest BCUT2D eigenvalue weighted by Gasteiger charge is 2.39. The van der Waals surface area contributed by atoms with Crippen molar-refractivity contribution in [2.45, 2.75) is 77.2 Å². The Morgan fingerprint density at radius 1 is 1.22 bits per heavy atom. The van der Waals surface area contributed by atoms with Crippen molar-refractivity contribution in [3.05, 3.63) is 0 Å². The number of esters is 1. The van der Waals surface area contributed by atoms with E-state index in [0.717, 1.165) is 44.4 Å². The lowest BCUT2D eigenvalue weighted by Crippen LogP contribution is -2.51. The van der Waals surface area contributed by atoms with Gasteiger partial charge in [0.15, 0.2) is 0 Å². The molecule has 1 aliphatic carbocycles. The molecule has 0 unspecified atom stereocenters. The van der Waals surface area contributed by atoms with Crippen molar-refractivity contribution in [1.82, 2.24) is 0 Å². The number of rotatable bonds is 7. The first-order valence-electron chi connectivity index (χ1n) is 7.58. The third kappa shape index (κ3) is 4.60. The van der Waals surface area contributed by atoms with Gasteiger partial charge in [0.25, 0.3) is 0 Å². The van der Waals surface area contributed by atoms with Gasteiger partial charge in [0.1, 0.15) is 5.54 Å². The lowest BCUT2D eigenvalue weighted by molar-refractivity contribution is -0.152. The number of nitrogens with two attached hydrogens (primary N) is 1. The van der Waals surface area contributed by atoms with Crippen molar-refractivity contribution < 1.29 is 9.53 Å². The largest absolute Gasteiger partial charge is 0.464 e. The van der Waals surface area contributed by atoms with E-state index in [1.165, 1.54) is 19.3 Å². The molecule has 2 N–H and O–H groups in total. The van der Waals surface area contributed by atoms with E-state index in [9.17, 15) is 4.79 Å². The quantitative estimate of drug-likeness (QED) is 0.560. The molecular formula is C15H29NO2. The van der Waals surface area contributed by atoms with E-state index in [4.69, 9.17) is 10.5 Å². The van der Waals surface area contributed by atoms with Gasteiger partial charge in [0.05, 0.1) is 6.61 Å². The Hall–Kier alpha value is -0.570. The first kappa shape index (κ1) is 15.5. The maximum atomic E-state index is 12.0. The van der Waals surface area contributed by atoms with Crippen LogP contribution in [-0.2, 0) is 9.53 Å². The molecule has 0 saturated heterocycles. The molecule has 0 radical (unpaired) electrons. The number of hydrogen-bond donors (Lipinski definition) is 1. The van der Waals surface area contributed by atoms with Crippen LogP contribution < -0.4 is 5.73 Å². The van der Waals surface area contributed by atoms with E-state index < -0.39 is 5.54 Å². The van der Waals surface area contributed by atoms with Crippen molar-refractivity contribution in [1.29, 1.82) is 0 Å². The predicted molar refractivity (Wildman–Crippen MR) is 74.3 cm³/mol. The van der Waals surface area contributed by atoms with E-state index in [2.05, 4.69) is 13.8 Å². The zero-order chi connectivity index (χ0) is 13.4. The van der Waals surface area contributed by atoms with E-state index in [1.54, 1.807) is 0 Å². The standard InChI is InChI=1S/C15H29NO2/c1-3-5-6-7-12-18-14(17)15(16)10-8-13(4-2)9-11-15/h13H,3-12,16H2,1-2H3. The SMILES string of the molecule is CCCCCCOC(=O)C1(N)CCC(CC)CC1. The number of carbonyl (C=O) groups is 1. The van der Waals surface area contributed by atoms with Gasteiger partial charge in [-0.15, -0.1) is 0 Å². The van der Waals surface area contributed by atoms with Gasteiger partial charge in [-0.1, -0.05) is 39.5 Å². The summed E-state index contributed by atoms with van der Waals surface area (Å²) in [7, 11) is 0. The van der Waals surface area contributed by atoms with Gasteiger partial charge in [0.2, 0.25) is 0 Å². The average Bonchev–Trinajstić information content (AvgIpc) is 2.39. The Labute approximate surface area is 111 Å². The number of hydrogen-bond acceptors (Lipinski definition) is 3. The highest BCUT2D eigenvalue weighted by atomic mass is 16.5. The smallest absolute Gasteiger partial charge is 0.326 e. The van der Waals surface area contributed by atoms with Crippen molar-refractivity contribution >= 4 is 5.97 Å². The molecule has 0 amide bonds. The van der Waals surface area contributed by atoms with E-state index in [1.807, 2.05) is 0 Å². The Morgan fingerprint density at radius 3 is 2.44 bits per heavy atom. The summed E-state index contributed by atoms with van der Waals surface area (Å²) in [6.07, 6.45) is 9.43. The summed E-state index contributed by atoms with van der Waals surface area (Å²) in [5, 5.41) is 0. The minimum Gasteiger partial charge on any atom is -0.464 e. The summed E-state index contributed by atoms with van der Waals surface area (Å²) in [6.45, 7) is 4.92. The molecule has 0 aromatic heterocycles. The van der Waals surface area contributed by atoms with Gasteiger partial charge >= 0.3 is 5.97 Å². The van der Waals surface area contributed by atoms with Crippen molar-refractivity contribution in [3.63, 3.8) is 0 Å². The molecule has 106 valence electrons. The Morgan fingerprint density at radius 2 is 1.89 bits per heavy atom. The molecule has 3 nitrogen and oxygen atoms in total. The summed E-state index contributed by atoms with van der Waals surface area (Å²) in [6, 6.07) is 0. The fourth-order valence-electron chi connectivity index (χ4n) is 2.64. The molecule has 1 rings (SSSR count). The normalized spacial score (nSPS) is 28.1. The molecule has 1 aliphatic rings. The molecule has 0 heterocycles. The second-order valence-electron chi connectivity index (χ2n) is 5.70. The van der Waals surface area contributed by atoms with Crippen LogP contribution in [0.4, 0.5) is 0 Å². The topological polar surface area (TPSA) is 52.3 Å². The third-order valence-electron chi connectivity index (χ3n) is 4.21. The molecule has 0 bridgehead atoms. The second-order valence-corrected chi connectivity index (χ2v) is 5.70. The van der Waals surface area contributed by atoms with Crippen LogP contribution in [0.1, 0.15) is 71.6 Å². The van der Waals surface area contributed by atoms with Gasteiger partial charge in [-0.2, -0.15) is 0 Å². The zero-order valence-electron chi connectivity index (χ0n) is 12.0. The first-order valence-corrected chi connectivity index (χ1v) is 7.58. The van der Waals surface area contributed by atoms with Gasteiger partial charge in [-0.05, 0) is 38.0 Å². The first-order chi connectivity index (χ1) is 8.62. The minimum atomic E-state index is -0.698. The monoisotopic (exact) mass is 255 g/mol. The van der Waals surface area contributed by atoms with Crippen LogP contribution in [0.5, 0.6) is 0 Å². The summed E-state index contributed by atoms with van der Waals surface area (Å²) in [5.41, 5.74) is 5.49. The van der Waals surface area contributed by atoms with E-state index in [0.29, 0.717) is 6.61 Å². The number of ether oxygens (including phenoxy) is 1. The molecule has 0 atom stereocenters. The van der Waals surface area contributed by atoms with Crippen molar-refractivity contribution in [2.75, 3.05) is 6.61 Å². The molecule has 0 aromatic carbocycles. The highest BCUT2D eigenvalue weighted by molar-refractivity contribution is 5.80. The minimum absolute atomic E-state index is 0.173. The Balaban J connectivity index is 2.24. The maximum absolute atomic E-state index is 12.0. The van der Waals surface area contributed by atoms with Gasteiger partial charge in [-0.25, -0.2) is 0 Å². The average molecular weight is 255 g/mol. The lowest BCUT2D eigenvalue weighted by Gasteiger charge is -2.34. The maximum Gasteiger partial charge on any atom is 0.326 e. The van der Waals surface area contributed by atoms with E-state index >= 15 is 0 Å². The van der Waals surface area contributed by atoms with Crippen LogP contribution in [0.15, 0.2) is 0 Å². The molecule has 1 fully saturated rings. The fraction of sp³-hybridized carbons (Fsp3) is 0.933. The molecule has 1 saturated carbocycles. The highest BCUT2D eigenvalue weighted by Crippen LogP contribution is 2.32. The summed E-state index contributed by atoms with van der Waals surface area (Å²) < 4.78 is 5.34. The number of carbonyl (C=O) groups excluding carboxylic acids is 1. The molecule has 3 heteroatoms. The molecular weight excluding hydrogens is 226 g/mol. The van der Waals surface area contributed by atoms with E-state index in [-0.39, 0.29) is 5.97 Å². The lowest BCUT2D eigenvalue weighted by atomic mass is 9.76. The molecule has 0 aromatic rings. The van der Waals surface area contributed by atoms with Crippen LogP contribution >= 0.6 is 0 Å². The van der Waals surface area contributed by atoms with Crippen LogP contribution in [0.3, 0.4) is 0 Å². The Kier molecular flexibility index (Phi) is 6.69. The van der Waals surface area contributed by atoms with Crippen LogP contribution in [0, 0.1) is 5.92 Å². The molecule has 0 aliphatic heterocycles. The van der Waals surface area contributed by atoms with Gasteiger partial charge in [0, 0.05) is 0 Å². The predicted octanol–water partition coefficient (Wildman–Crippen LogP) is 3.41. The summed E-state index contributed by atoms with van der Waals surface area (Å²) >= 11 is 0. The van der Waals surface area contributed by atoms with Crippen molar-refractivity contribution in [2.24, 2.45) is 11.7 Å². The number of unbranched alkanes of at least 4 members (excludes halogenated alkanes) is 3. The van der Waals surface area contributed by atoms with Crippen LogP contribution in [-0.4, -0.2) is 18.1 Å². The zero-order valence-corrected chi connectivity index (χ0v) is 12.0. The fourth-order valence-corrected chi connectivity index (χ4v) is 2.64. The molecule has 0 spiro atoms.